The van der Waals surface area contributed by atoms with Crippen molar-refractivity contribution in [3.8, 4) is 10.6 Å². The van der Waals surface area contributed by atoms with E-state index in [-0.39, 0.29) is 29.1 Å². The van der Waals surface area contributed by atoms with Gasteiger partial charge in [-0.05, 0) is 29.3 Å². The van der Waals surface area contributed by atoms with Crippen molar-refractivity contribution in [1.82, 2.24) is 10.1 Å². The molecule has 136 valence electrons. The minimum absolute atomic E-state index is 0.000250. The largest absolute Gasteiger partial charge is 0.355 e. The van der Waals surface area contributed by atoms with Crippen molar-refractivity contribution in [3.05, 3.63) is 51.7 Å². The van der Waals surface area contributed by atoms with Crippen LogP contribution in [0, 0.1) is 0 Å². The predicted molar refractivity (Wildman–Crippen MR) is 101 cm³/mol. The van der Waals surface area contributed by atoms with Gasteiger partial charge in [-0.15, -0.1) is 22.7 Å². The predicted octanol–water partition coefficient (Wildman–Crippen LogP) is 3.29. The first-order valence-electron chi connectivity index (χ1n) is 8.06. The van der Waals surface area contributed by atoms with Crippen LogP contribution in [-0.4, -0.2) is 41.9 Å². The van der Waals surface area contributed by atoms with Gasteiger partial charge in [0.1, 0.15) is 0 Å². The van der Waals surface area contributed by atoms with E-state index < -0.39 is 9.84 Å². The zero-order valence-electron chi connectivity index (χ0n) is 13.7. The average molecular weight is 409 g/mol. The summed E-state index contributed by atoms with van der Waals surface area (Å²) in [7, 11) is -3.10. The topological polar surface area (TPSA) is 80.5 Å². The Morgan fingerprint density at radius 2 is 2.08 bits per heavy atom. The summed E-state index contributed by atoms with van der Waals surface area (Å²) in [4.78, 5) is 16.6. The number of carbonyl (C=O) groups excluding carboxylic acids is 1. The Labute approximate surface area is 159 Å². The molecule has 0 N–H and O–H groups in total. The van der Waals surface area contributed by atoms with Crippen LogP contribution >= 0.6 is 22.7 Å². The van der Waals surface area contributed by atoms with Crippen molar-refractivity contribution in [1.29, 1.82) is 0 Å². The van der Waals surface area contributed by atoms with Crippen molar-refractivity contribution in [2.45, 2.75) is 19.0 Å². The van der Waals surface area contributed by atoms with Crippen LogP contribution in [0.4, 0.5) is 0 Å². The molecule has 0 bridgehead atoms. The Balaban J connectivity index is 1.61. The molecule has 0 radical (unpaired) electrons. The fraction of sp³-hybridized carbons (Fsp3) is 0.294. The van der Waals surface area contributed by atoms with E-state index in [4.69, 9.17) is 4.52 Å². The molecule has 9 heteroatoms. The maximum Gasteiger partial charge on any atom is 0.276 e. The molecule has 0 aromatic carbocycles. The van der Waals surface area contributed by atoms with Crippen LogP contribution < -0.4 is 0 Å². The molecule has 0 saturated carbocycles. The molecule has 0 spiro atoms. The Morgan fingerprint density at radius 1 is 1.27 bits per heavy atom. The van der Waals surface area contributed by atoms with Crippen LogP contribution in [0.1, 0.15) is 21.8 Å². The van der Waals surface area contributed by atoms with Crippen molar-refractivity contribution >= 4 is 38.4 Å². The van der Waals surface area contributed by atoms with Gasteiger partial charge < -0.3 is 9.42 Å². The first-order valence-corrected chi connectivity index (χ1v) is 11.6. The lowest BCUT2D eigenvalue weighted by atomic mass is 10.2. The van der Waals surface area contributed by atoms with E-state index in [0.29, 0.717) is 18.7 Å². The Hall–Kier alpha value is -1.97. The van der Waals surface area contributed by atoms with Gasteiger partial charge in [-0.1, -0.05) is 17.3 Å². The van der Waals surface area contributed by atoms with Crippen molar-refractivity contribution in [3.63, 3.8) is 0 Å². The van der Waals surface area contributed by atoms with E-state index in [1.165, 1.54) is 11.3 Å². The molecule has 26 heavy (non-hydrogen) atoms. The van der Waals surface area contributed by atoms with Crippen molar-refractivity contribution < 1.29 is 17.7 Å². The molecule has 1 fully saturated rings. The molecule has 4 rings (SSSR count). The first kappa shape index (κ1) is 17.4. The molecular formula is C17H16N2O4S3. The Bertz CT molecular complexity index is 991. The zero-order valence-corrected chi connectivity index (χ0v) is 16.1. The smallest absolute Gasteiger partial charge is 0.276 e. The average Bonchev–Trinajstić information content (AvgIpc) is 3.37. The van der Waals surface area contributed by atoms with Gasteiger partial charge in [0.05, 0.1) is 22.9 Å². The molecule has 1 unspecified atom stereocenters. The molecule has 1 aliphatic rings. The molecule has 3 aromatic heterocycles. The van der Waals surface area contributed by atoms with Crippen molar-refractivity contribution in [2.75, 3.05) is 11.5 Å². The molecule has 1 atom stereocenters. The lowest BCUT2D eigenvalue weighted by Crippen LogP contribution is -2.40. The van der Waals surface area contributed by atoms with E-state index in [1.807, 2.05) is 35.0 Å². The number of hydrogen-bond acceptors (Lipinski definition) is 7. The normalized spacial score (nSPS) is 18.8. The molecule has 0 aliphatic carbocycles. The van der Waals surface area contributed by atoms with E-state index in [2.05, 4.69) is 5.16 Å². The minimum atomic E-state index is -3.10. The van der Waals surface area contributed by atoms with E-state index in [1.54, 1.807) is 22.3 Å². The van der Waals surface area contributed by atoms with Gasteiger partial charge in [0.25, 0.3) is 5.91 Å². The second kappa shape index (κ2) is 6.98. The number of nitrogens with zero attached hydrogens (tertiary/aromatic N) is 2. The molecule has 4 heterocycles. The van der Waals surface area contributed by atoms with Gasteiger partial charge >= 0.3 is 0 Å². The highest BCUT2D eigenvalue weighted by Gasteiger charge is 2.36. The summed E-state index contributed by atoms with van der Waals surface area (Å²) in [6, 6.07) is 8.94. The maximum atomic E-state index is 13.1. The number of thiophene rings is 2. The molecule has 3 aromatic rings. The van der Waals surface area contributed by atoms with Gasteiger partial charge in [-0.3, -0.25) is 4.79 Å². The van der Waals surface area contributed by atoms with Gasteiger partial charge in [-0.25, -0.2) is 8.42 Å². The fourth-order valence-corrected chi connectivity index (χ4v) is 6.12. The van der Waals surface area contributed by atoms with Crippen LogP contribution in [-0.2, 0) is 16.4 Å². The molecular weight excluding hydrogens is 392 g/mol. The number of hydrogen-bond donors (Lipinski definition) is 0. The number of carbonyl (C=O) groups is 1. The number of sulfone groups is 1. The van der Waals surface area contributed by atoms with Gasteiger partial charge in [-0.2, -0.15) is 0 Å². The first-order chi connectivity index (χ1) is 12.5. The third kappa shape index (κ3) is 3.60. The number of rotatable bonds is 5. The highest BCUT2D eigenvalue weighted by molar-refractivity contribution is 7.91. The molecule has 1 aliphatic heterocycles. The van der Waals surface area contributed by atoms with Crippen LogP contribution in [0.15, 0.2) is 45.6 Å². The zero-order chi connectivity index (χ0) is 18.1. The Morgan fingerprint density at radius 3 is 2.73 bits per heavy atom. The summed E-state index contributed by atoms with van der Waals surface area (Å²) < 4.78 is 29.1. The van der Waals surface area contributed by atoms with Gasteiger partial charge in [0, 0.05) is 17.0 Å². The number of amides is 1. The third-order valence-electron chi connectivity index (χ3n) is 4.31. The second-order valence-corrected chi connectivity index (χ2v) is 10.3. The van der Waals surface area contributed by atoms with Crippen LogP contribution in [0.5, 0.6) is 0 Å². The van der Waals surface area contributed by atoms with Gasteiger partial charge in [0.2, 0.25) is 0 Å². The third-order valence-corrected chi connectivity index (χ3v) is 7.81. The summed E-state index contributed by atoms with van der Waals surface area (Å²) >= 11 is 3.04. The monoisotopic (exact) mass is 408 g/mol. The highest BCUT2D eigenvalue weighted by atomic mass is 32.2. The number of aromatic nitrogens is 1. The lowest BCUT2D eigenvalue weighted by molar-refractivity contribution is 0.0672. The van der Waals surface area contributed by atoms with Crippen LogP contribution in [0.25, 0.3) is 10.6 Å². The summed E-state index contributed by atoms with van der Waals surface area (Å²) in [5, 5.41) is 7.79. The Kier molecular flexibility index (Phi) is 4.68. The van der Waals surface area contributed by atoms with Crippen LogP contribution in [0.3, 0.4) is 0 Å². The van der Waals surface area contributed by atoms with E-state index >= 15 is 0 Å². The molecule has 6 nitrogen and oxygen atoms in total. The SMILES string of the molecule is O=C(c1cc(-c2cccs2)on1)N(Cc1cccs1)C1CCS(=O)(=O)C1. The fourth-order valence-electron chi connectivity index (χ4n) is 3.02. The summed E-state index contributed by atoms with van der Waals surface area (Å²) in [5.41, 5.74) is 0.203. The second-order valence-electron chi connectivity index (χ2n) is 6.12. The maximum absolute atomic E-state index is 13.1. The van der Waals surface area contributed by atoms with E-state index in [9.17, 15) is 13.2 Å². The minimum Gasteiger partial charge on any atom is -0.355 e. The standard InChI is InChI=1S/C17H16N2O4S3/c20-17(14-9-15(23-18-14)16-4-2-7-25-16)19(10-13-3-1-6-24-13)12-5-8-26(21,22)11-12/h1-4,6-7,9,12H,5,8,10-11H2. The summed E-state index contributed by atoms with van der Waals surface area (Å²) in [6.07, 6.45) is 0.453. The quantitative estimate of drug-likeness (QED) is 0.647. The summed E-state index contributed by atoms with van der Waals surface area (Å²) in [6.45, 7) is 0.373. The van der Waals surface area contributed by atoms with Crippen molar-refractivity contribution in [2.24, 2.45) is 0 Å². The summed E-state index contributed by atoms with van der Waals surface area (Å²) in [5.74, 6) is 0.357. The van der Waals surface area contributed by atoms with Gasteiger partial charge in [0.15, 0.2) is 21.3 Å². The van der Waals surface area contributed by atoms with E-state index in [0.717, 1.165) is 9.75 Å². The highest BCUT2D eigenvalue weighted by Crippen LogP contribution is 2.27. The van der Waals surface area contributed by atoms with Crippen LogP contribution in [0.2, 0.25) is 0 Å². The lowest BCUT2D eigenvalue weighted by Gasteiger charge is -2.26. The molecule has 1 amide bonds. The molecule has 1 saturated heterocycles.